The second-order valence-corrected chi connectivity index (χ2v) is 6.78. The van der Waals surface area contributed by atoms with Crippen molar-refractivity contribution in [2.75, 3.05) is 32.6 Å². The summed E-state index contributed by atoms with van der Waals surface area (Å²) in [4.78, 5) is 27.1. The summed E-state index contributed by atoms with van der Waals surface area (Å²) in [6, 6.07) is 14.1. The Morgan fingerprint density at radius 2 is 1.76 bits per heavy atom. The minimum atomic E-state index is -0.198. The van der Waals surface area contributed by atoms with Crippen LogP contribution in [0.4, 0.5) is 5.69 Å². The molecule has 2 amide bonds. The van der Waals surface area contributed by atoms with Crippen LogP contribution in [0.5, 0.6) is 11.5 Å². The van der Waals surface area contributed by atoms with Crippen molar-refractivity contribution >= 4 is 17.5 Å². The molecule has 1 aliphatic heterocycles. The van der Waals surface area contributed by atoms with Crippen molar-refractivity contribution in [3.63, 3.8) is 0 Å². The van der Waals surface area contributed by atoms with Gasteiger partial charge >= 0.3 is 0 Å². The van der Waals surface area contributed by atoms with E-state index in [2.05, 4.69) is 11.4 Å². The van der Waals surface area contributed by atoms with E-state index < -0.39 is 0 Å². The second-order valence-electron chi connectivity index (χ2n) is 6.78. The van der Waals surface area contributed by atoms with E-state index in [1.165, 1.54) is 7.11 Å². The molecule has 0 aromatic heterocycles. The van der Waals surface area contributed by atoms with Crippen LogP contribution in [-0.2, 0) is 4.79 Å². The van der Waals surface area contributed by atoms with Crippen LogP contribution < -0.4 is 14.8 Å². The van der Waals surface area contributed by atoms with Crippen LogP contribution in [0, 0.1) is 17.2 Å². The van der Waals surface area contributed by atoms with Crippen LogP contribution >= 0.6 is 0 Å². The molecule has 2 aromatic rings. The zero-order valence-electron chi connectivity index (χ0n) is 16.5. The summed E-state index contributed by atoms with van der Waals surface area (Å²) in [5.41, 5.74) is 1.47. The number of para-hydroxylation sites is 1. The third-order valence-corrected chi connectivity index (χ3v) is 5.09. The molecule has 2 aromatic carbocycles. The van der Waals surface area contributed by atoms with Gasteiger partial charge in [-0.2, -0.15) is 5.26 Å². The maximum atomic E-state index is 12.8. The molecule has 150 valence electrons. The van der Waals surface area contributed by atoms with Crippen molar-refractivity contribution in [3.05, 3.63) is 53.6 Å². The highest BCUT2D eigenvalue weighted by molar-refractivity contribution is 5.96. The van der Waals surface area contributed by atoms with Crippen LogP contribution in [0.15, 0.2) is 42.5 Å². The molecule has 0 spiro atoms. The Bertz CT molecular complexity index is 943. The fraction of sp³-hybridized carbons (Fsp3) is 0.318. The molecule has 1 aliphatic rings. The monoisotopic (exact) mass is 393 g/mol. The molecule has 7 heteroatoms. The third kappa shape index (κ3) is 4.49. The van der Waals surface area contributed by atoms with E-state index in [1.54, 1.807) is 54.5 Å². The fourth-order valence-corrected chi connectivity index (χ4v) is 3.42. The molecule has 0 saturated carbocycles. The number of hydrogen-bond acceptors (Lipinski definition) is 5. The van der Waals surface area contributed by atoms with Gasteiger partial charge in [-0.25, -0.2) is 0 Å². The van der Waals surface area contributed by atoms with Gasteiger partial charge < -0.3 is 19.7 Å². The summed E-state index contributed by atoms with van der Waals surface area (Å²) in [5.74, 6) is 0.655. The van der Waals surface area contributed by atoms with E-state index >= 15 is 0 Å². The lowest BCUT2D eigenvalue weighted by molar-refractivity contribution is -0.121. The minimum Gasteiger partial charge on any atom is -0.493 e. The maximum absolute atomic E-state index is 12.8. The second kappa shape index (κ2) is 9.11. The van der Waals surface area contributed by atoms with Crippen molar-refractivity contribution in [2.24, 2.45) is 5.92 Å². The third-order valence-electron chi connectivity index (χ3n) is 5.09. The van der Waals surface area contributed by atoms with Gasteiger partial charge in [-0.05, 0) is 43.2 Å². The van der Waals surface area contributed by atoms with Gasteiger partial charge in [0.15, 0.2) is 11.5 Å². The van der Waals surface area contributed by atoms with Crippen molar-refractivity contribution in [2.45, 2.75) is 12.8 Å². The standard InChI is InChI=1S/C22H23N3O4/c1-28-19-8-7-16(13-20(19)29-2)22(27)25-11-9-15(10-12-25)21(26)24-18-6-4-3-5-17(18)14-23/h3-8,13,15H,9-12H2,1-2H3,(H,24,26). The molecule has 0 atom stereocenters. The first-order valence-corrected chi connectivity index (χ1v) is 9.38. The van der Waals surface area contributed by atoms with Gasteiger partial charge in [0.05, 0.1) is 25.5 Å². The van der Waals surface area contributed by atoms with Gasteiger partial charge in [0.25, 0.3) is 5.91 Å². The zero-order valence-corrected chi connectivity index (χ0v) is 16.5. The topological polar surface area (TPSA) is 91.7 Å². The first-order chi connectivity index (χ1) is 14.1. The number of carbonyl (C=O) groups excluding carboxylic acids is 2. The first-order valence-electron chi connectivity index (χ1n) is 9.38. The lowest BCUT2D eigenvalue weighted by Gasteiger charge is -2.31. The Kier molecular flexibility index (Phi) is 6.35. The molecule has 0 bridgehead atoms. The SMILES string of the molecule is COc1ccc(C(=O)N2CCC(C(=O)Nc3ccccc3C#N)CC2)cc1OC. The number of methoxy groups -OCH3 is 2. The fourth-order valence-electron chi connectivity index (χ4n) is 3.42. The Morgan fingerprint density at radius 1 is 1.07 bits per heavy atom. The summed E-state index contributed by atoms with van der Waals surface area (Å²) in [6.45, 7) is 0.982. The van der Waals surface area contributed by atoms with Crippen molar-refractivity contribution in [1.29, 1.82) is 5.26 Å². The Balaban J connectivity index is 1.61. The van der Waals surface area contributed by atoms with E-state index in [-0.39, 0.29) is 17.7 Å². The summed E-state index contributed by atoms with van der Waals surface area (Å²) in [5, 5.41) is 12.0. The number of ether oxygens (including phenoxy) is 2. The highest BCUT2D eigenvalue weighted by Gasteiger charge is 2.28. The van der Waals surface area contributed by atoms with Crippen molar-refractivity contribution in [1.82, 2.24) is 4.90 Å². The van der Waals surface area contributed by atoms with E-state index in [0.717, 1.165) is 0 Å². The first kappa shape index (κ1) is 20.2. The minimum absolute atomic E-state index is 0.0976. The highest BCUT2D eigenvalue weighted by Crippen LogP contribution is 2.29. The van der Waals surface area contributed by atoms with Gasteiger partial charge in [-0.15, -0.1) is 0 Å². The number of nitrogens with zero attached hydrogens (tertiary/aromatic N) is 2. The number of anilines is 1. The maximum Gasteiger partial charge on any atom is 0.253 e. The predicted octanol–water partition coefficient (Wildman–Crippen LogP) is 3.07. The molecule has 0 aliphatic carbocycles. The molecule has 3 rings (SSSR count). The summed E-state index contributed by atoms with van der Waals surface area (Å²) >= 11 is 0. The predicted molar refractivity (Wildman–Crippen MR) is 108 cm³/mol. The van der Waals surface area contributed by atoms with Crippen molar-refractivity contribution < 1.29 is 19.1 Å². The number of likely N-dealkylation sites (tertiary alicyclic amines) is 1. The zero-order chi connectivity index (χ0) is 20.8. The largest absolute Gasteiger partial charge is 0.493 e. The molecule has 29 heavy (non-hydrogen) atoms. The van der Waals surface area contributed by atoms with E-state index in [0.29, 0.717) is 54.2 Å². The lowest BCUT2D eigenvalue weighted by atomic mass is 9.95. The smallest absolute Gasteiger partial charge is 0.253 e. The molecule has 0 radical (unpaired) electrons. The highest BCUT2D eigenvalue weighted by atomic mass is 16.5. The van der Waals surface area contributed by atoms with E-state index in [4.69, 9.17) is 14.7 Å². The lowest BCUT2D eigenvalue weighted by Crippen LogP contribution is -2.41. The Hall–Kier alpha value is -3.53. The van der Waals surface area contributed by atoms with Crippen LogP contribution in [-0.4, -0.2) is 44.0 Å². The van der Waals surface area contributed by atoms with E-state index in [1.807, 2.05) is 0 Å². The van der Waals surface area contributed by atoms with Crippen LogP contribution in [0.3, 0.4) is 0 Å². The number of nitriles is 1. The number of carbonyl (C=O) groups is 2. The molecule has 0 unspecified atom stereocenters. The van der Waals surface area contributed by atoms with Crippen LogP contribution in [0.2, 0.25) is 0 Å². The normalized spacial score (nSPS) is 14.0. The Labute approximate surface area is 169 Å². The Morgan fingerprint density at radius 3 is 2.41 bits per heavy atom. The number of nitrogens with one attached hydrogen (secondary N) is 1. The van der Waals surface area contributed by atoms with Crippen molar-refractivity contribution in [3.8, 4) is 17.6 Å². The van der Waals surface area contributed by atoms with E-state index in [9.17, 15) is 9.59 Å². The van der Waals surface area contributed by atoms with Gasteiger partial charge in [0, 0.05) is 24.6 Å². The quantitative estimate of drug-likeness (QED) is 0.843. The number of hydrogen-bond donors (Lipinski definition) is 1. The molecule has 1 fully saturated rings. The number of benzene rings is 2. The van der Waals surface area contributed by atoms with Gasteiger partial charge in [0.2, 0.25) is 5.91 Å². The van der Waals surface area contributed by atoms with Crippen LogP contribution in [0.25, 0.3) is 0 Å². The summed E-state index contributed by atoms with van der Waals surface area (Å²) in [6.07, 6.45) is 1.14. The molecule has 1 heterocycles. The average molecular weight is 393 g/mol. The van der Waals surface area contributed by atoms with Gasteiger partial charge in [-0.1, -0.05) is 12.1 Å². The summed E-state index contributed by atoms with van der Waals surface area (Å²) in [7, 11) is 3.07. The number of rotatable bonds is 5. The van der Waals surface area contributed by atoms with Gasteiger partial charge in [0.1, 0.15) is 6.07 Å². The number of amides is 2. The van der Waals surface area contributed by atoms with Crippen LogP contribution in [0.1, 0.15) is 28.8 Å². The molecular weight excluding hydrogens is 370 g/mol. The molecule has 1 N–H and O–H groups in total. The molecule has 7 nitrogen and oxygen atoms in total. The molecular formula is C22H23N3O4. The van der Waals surface area contributed by atoms with Gasteiger partial charge in [-0.3, -0.25) is 9.59 Å². The summed E-state index contributed by atoms with van der Waals surface area (Å²) < 4.78 is 10.5. The average Bonchev–Trinajstić information content (AvgIpc) is 2.78. The number of piperidine rings is 1. The molecule has 1 saturated heterocycles.